The molecule has 3 unspecified atom stereocenters. The van der Waals surface area contributed by atoms with Crippen molar-refractivity contribution < 1.29 is 33.0 Å². The fourth-order valence-electron chi connectivity index (χ4n) is 4.80. The largest absolute Gasteiger partial charge is 0.480 e. The van der Waals surface area contributed by atoms with Crippen molar-refractivity contribution in [3.63, 3.8) is 0 Å². The summed E-state index contributed by atoms with van der Waals surface area (Å²) in [6.45, 7) is 2.59. The molecule has 10 heteroatoms. The van der Waals surface area contributed by atoms with E-state index < -0.39 is 47.6 Å². The van der Waals surface area contributed by atoms with Crippen LogP contribution in [0.2, 0.25) is 0 Å². The van der Waals surface area contributed by atoms with E-state index in [1.54, 1.807) is 0 Å². The number of urea groups is 1. The Kier molecular flexibility index (Phi) is 7.71. The average Bonchev–Trinajstić information content (AvgIpc) is 3.00. The molecule has 2 amide bonds. The lowest BCUT2D eigenvalue weighted by molar-refractivity contribution is -0.153. The highest BCUT2D eigenvalue weighted by molar-refractivity contribution is 5.86. The normalized spacial score (nSPS) is 20.9. The summed E-state index contributed by atoms with van der Waals surface area (Å²) in [5.41, 5.74) is 1.32. The molecule has 0 saturated carbocycles. The Bertz CT molecular complexity index is 1130. The molecule has 0 aromatic heterocycles. The van der Waals surface area contributed by atoms with E-state index in [-0.39, 0.29) is 43.9 Å². The zero-order valence-corrected chi connectivity index (χ0v) is 20.0. The van der Waals surface area contributed by atoms with Gasteiger partial charge < -0.3 is 25.0 Å². The molecule has 2 aromatic carbocycles. The number of hydrogen-bond donors (Lipinski definition) is 2. The molecule has 0 spiro atoms. The summed E-state index contributed by atoms with van der Waals surface area (Å²) < 4.78 is 34.2. The minimum atomic E-state index is -1.11. The van der Waals surface area contributed by atoms with Crippen molar-refractivity contribution in [1.82, 2.24) is 9.80 Å². The van der Waals surface area contributed by atoms with E-state index >= 15 is 0 Å². The number of carbonyl (C=O) groups is 3. The summed E-state index contributed by atoms with van der Waals surface area (Å²) in [5.74, 6) is -4.72. The van der Waals surface area contributed by atoms with Gasteiger partial charge in [0.05, 0.1) is 12.0 Å². The Hall–Kier alpha value is -3.69. The Balaban J connectivity index is 1.72. The maximum Gasteiger partial charge on any atom is 0.326 e. The second kappa shape index (κ2) is 10.9. The standard InChI is InChI=1S/C26H29F2N3O5/c1-2-11-31(26(35)30-12-9-22(30)24(32)33)23-17(25(34)36-15-16-6-4-3-5-7-16)8-10-29-21-14-20(28)19(27)13-18(21)23/h3-7,13-14,17,22-23,29H,2,8-12,15H2,1H3,(H,32,33). The third-order valence-electron chi connectivity index (χ3n) is 6.69. The molecule has 36 heavy (non-hydrogen) atoms. The molecule has 1 saturated heterocycles. The minimum absolute atomic E-state index is 0.0237. The lowest BCUT2D eigenvalue weighted by Crippen LogP contribution is -2.60. The predicted octanol–water partition coefficient (Wildman–Crippen LogP) is 4.17. The van der Waals surface area contributed by atoms with Crippen LogP contribution >= 0.6 is 0 Å². The van der Waals surface area contributed by atoms with Gasteiger partial charge in [-0.25, -0.2) is 18.4 Å². The zero-order valence-electron chi connectivity index (χ0n) is 20.0. The first-order chi connectivity index (χ1) is 17.3. The summed E-state index contributed by atoms with van der Waals surface area (Å²) in [5, 5.41) is 12.5. The van der Waals surface area contributed by atoms with E-state index in [4.69, 9.17) is 4.74 Å². The van der Waals surface area contributed by atoms with Crippen molar-refractivity contribution in [2.24, 2.45) is 5.92 Å². The highest BCUT2D eigenvalue weighted by Gasteiger charge is 2.45. The number of esters is 1. The van der Waals surface area contributed by atoms with Gasteiger partial charge in [0.15, 0.2) is 11.6 Å². The highest BCUT2D eigenvalue weighted by atomic mass is 19.2. The van der Waals surface area contributed by atoms with Crippen molar-refractivity contribution in [3.05, 3.63) is 65.2 Å². The van der Waals surface area contributed by atoms with Gasteiger partial charge in [0.25, 0.3) is 0 Å². The predicted molar refractivity (Wildman–Crippen MR) is 127 cm³/mol. The number of rotatable bonds is 7. The molecule has 2 aromatic rings. The monoisotopic (exact) mass is 501 g/mol. The number of amides is 2. The fraction of sp³-hybridized carbons (Fsp3) is 0.423. The second-order valence-corrected chi connectivity index (χ2v) is 9.03. The van der Waals surface area contributed by atoms with Gasteiger partial charge in [-0.3, -0.25) is 4.79 Å². The first-order valence-corrected chi connectivity index (χ1v) is 12.0. The number of ether oxygens (including phenoxy) is 1. The van der Waals surface area contributed by atoms with Crippen molar-refractivity contribution in [2.45, 2.75) is 44.9 Å². The molecule has 1 fully saturated rings. The van der Waals surface area contributed by atoms with E-state index in [0.29, 0.717) is 12.8 Å². The summed E-state index contributed by atoms with van der Waals surface area (Å²) in [6, 6.07) is 8.65. The van der Waals surface area contributed by atoms with Gasteiger partial charge in [0.2, 0.25) is 0 Å². The van der Waals surface area contributed by atoms with Crippen molar-refractivity contribution >= 4 is 23.7 Å². The Morgan fingerprint density at radius 2 is 1.86 bits per heavy atom. The van der Waals surface area contributed by atoms with Crippen molar-refractivity contribution in [3.8, 4) is 0 Å². The second-order valence-electron chi connectivity index (χ2n) is 9.03. The Labute approximate surface area is 207 Å². The van der Waals surface area contributed by atoms with Crippen molar-refractivity contribution in [2.75, 3.05) is 25.0 Å². The van der Waals surface area contributed by atoms with Crippen LogP contribution in [-0.4, -0.2) is 58.6 Å². The number of carboxylic acid groups (broad SMARTS) is 1. The molecule has 0 bridgehead atoms. The summed E-state index contributed by atoms with van der Waals surface area (Å²) in [4.78, 5) is 41.2. The van der Waals surface area contributed by atoms with Crippen LogP contribution in [0.15, 0.2) is 42.5 Å². The van der Waals surface area contributed by atoms with Crippen molar-refractivity contribution in [1.29, 1.82) is 0 Å². The van der Waals surface area contributed by atoms with Gasteiger partial charge in [-0.2, -0.15) is 0 Å². The smallest absolute Gasteiger partial charge is 0.326 e. The first kappa shape index (κ1) is 25.4. The van der Waals surface area contributed by atoms with Crippen LogP contribution in [0.4, 0.5) is 19.3 Å². The third-order valence-corrected chi connectivity index (χ3v) is 6.69. The number of aliphatic carboxylic acids is 1. The lowest BCUT2D eigenvalue weighted by Gasteiger charge is -2.44. The SMILES string of the molecule is CCCN(C(=O)N1CCC1C(=O)O)C1c2cc(F)c(F)cc2NCCC1C(=O)OCc1ccccc1. The number of carbonyl (C=O) groups excluding carboxylic acids is 2. The number of nitrogens with one attached hydrogen (secondary N) is 1. The average molecular weight is 502 g/mol. The van der Waals surface area contributed by atoms with Crippen LogP contribution in [0, 0.1) is 17.6 Å². The van der Waals surface area contributed by atoms with Crippen LogP contribution < -0.4 is 5.32 Å². The molecule has 2 N–H and O–H groups in total. The molecule has 2 aliphatic rings. The number of carboxylic acids is 1. The number of benzene rings is 2. The molecule has 0 aliphatic carbocycles. The number of hydrogen-bond acceptors (Lipinski definition) is 5. The van der Waals surface area contributed by atoms with Gasteiger partial charge in [-0.1, -0.05) is 37.3 Å². The zero-order chi connectivity index (χ0) is 25.8. The molecule has 2 aliphatic heterocycles. The molecule has 4 rings (SSSR count). The van der Waals surface area contributed by atoms with Gasteiger partial charge in [0.1, 0.15) is 12.6 Å². The molecule has 3 atom stereocenters. The number of fused-ring (bicyclic) bond motifs is 1. The lowest BCUT2D eigenvalue weighted by atomic mass is 9.88. The minimum Gasteiger partial charge on any atom is -0.480 e. The quantitative estimate of drug-likeness (QED) is 0.553. The number of likely N-dealkylation sites (tertiary alicyclic amines) is 1. The number of nitrogens with zero attached hydrogens (tertiary/aromatic N) is 2. The van der Waals surface area contributed by atoms with Crippen LogP contribution in [0.1, 0.15) is 43.4 Å². The molecule has 192 valence electrons. The summed E-state index contributed by atoms with van der Waals surface area (Å²) >= 11 is 0. The van der Waals surface area contributed by atoms with E-state index in [9.17, 15) is 28.3 Å². The summed E-state index contributed by atoms with van der Waals surface area (Å²) in [7, 11) is 0. The molecule has 2 heterocycles. The molecular formula is C26H29F2N3O5. The highest BCUT2D eigenvalue weighted by Crippen LogP contribution is 2.41. The maximum absolute atomic E-state index is 14.5. The number of anilines is 1. The number of halogens is 2. The van der Waals surface area contributed by atoms with Crippen LogP contribution in [-0.2, 0) is 20.9 Å². The van der Waals surface area contributed by atoms with Gasteiger partial charge >= 0.3 is 18.0 Å². The third kappa shape index (κ3) is 5.12. The van der Waals surface area contributed by atoms with Gasteiger partial charge in [-0.15, -0.1) is 0 Å². The van der Waals surface area contributed by atoms with Crippen LogP contribution in [0.3, 0.4) is 0 Å². The van der Waals surface area contributed by atoms with Crippen LogP contribution in [0.5, 0.6) is 0 Å². The van der Waals surface area contributed by atoms with E-state index in [1.807, 2.05) is 37.3 Å². The Morgan fingerprint density at radius 1 is 1.14 bits per heavy atom. The van der Waals surface area contributed by atoms with E-state index in [2.05, 4.69) is 5.32 Å². The van der Waals surface area contributed by atoms with Gasteiger partial charge in [0, 0.05) is 37.0 Å². The topological polar surface area (TPSA) is 99.2 Å². The van der Waals surface area contributed by atoms with E-state index in [0.717, 1.165) is 17.7 Å². The molecule has 8 nitrogen and oxygen atoms in total. The van der Waals surface area contributed by atoms with Crippen LogP contribution in [0.25, 0.3) is 0 Å². The first-order valence-electron chi connectivity index (χ1n) is 12.0. The summed E-state index contributed by atoms with van der Waals surface area (Å²) in [6.07, 6.45) is 1.07. The molecule has 0 radical (unpaired) electrons. The molecular weight excluding hydrogens is 472 g/mol. The fourth-order valence-corrected chi connectivity index (χ4v) is 4.80. The maximum atomic E-state index is 14.5. The Morgan fingerprint density at radius 3 is 2.50 bits per heavy atom. The van der Waals surface area contributed by atoms with Gasteiger partial charge in [-0.05, 0) is 30.9 Å². The van der Waals surface area contributed by atoms with E-state index in [1.165, 1.54) is 9.80 Å².